The molecular weight excluding hydrogens is 212 g/mol. The molecular formula is C14H12N2O. The Labute approximate surface area is 101 Å². The number of hydrogen-bond acceptors (Lipinski definition) is 2. The van der Waals surface area contributed by atoms with Crippen molar-refractivity contribution in [2.75, 3.05) is 11.4 Å². The predicted molar refractivity (Wildman–Crippen MR) is 65.1 cm³/mol. The standard InChI is InChI=1S/C14H12N2O/c1-2-11-9-14(17)16(10-11)13-5-3-4-12(8-13)6-7-15/h1,3-5,8,11H,6,9-10H2. The van der Waals surface area contributed by atoms with E-state index in [1.807, 2.05) is 24.3 Å². The quantitative estimate of drug-likeness (QED) is 0.718. The van der Waals surface area contributed by atoms with Crippen LogP contribution >= 0.6 is 0 Å². The normalized spacial score (nSPS) is 18.8. The minimum Gasteiger partial charge on any atom is -0.311 e. The van der Waals surface area contributed by atoms with Crippen molar-refractivity contribution >= 4 is 11.6 Å². The maximum absolute atomic E-state index is 11.8. The number of carbonyl (C=O) groups excluding carboxylic acids is 1. The van der Waals surface area contributed by atoms with Crippen LogP contribution < -0.4 is 4.90 Å². The van der Waals surface area contributed by atoms with E-state index < -0.39 is 0 Å². The van der Waals surface area contributed by atoms with Crippen LogP contribution in [0.3, 0.4) is 0 Å². The van der Waals surface area contributed by atoms with Gasteiger partial charge in [-0.1, -0.05) is 12.1 Å². The lowest BCUT2D eigenvalue weighted by molar-refractivity contribution is -0.117. The van der Waals surface area contributed by atoms with Crippen LogP contribution in [0.1, 0.15) is 12.0 Å². The maximum atomic E-state index is 11.8. The largest absolute Gasteiger partial charge is 0.311 e. The minimum atomic E-state index is 0.00197. The number of amides is 1. The summed E-state index contributed by atoms with van der Waals surface area (Å²) in [5, 5.41) is 8.65. The Morgan fingerprint density at radius 2 is 2.35 bits per heavy atom. The van der Waals surface area contributed by atoms with Gasteiger partial charge in [0, 0.05) is 24.6 Å². The van der Waals surface area contributed by atoms with Crippen LogP contribution in [0.2, 0.25) is 0 Å². The molecule has 0 aliphatic carbocycles. The molecule has 84 valence electrons. The van der Waals surface area contributed by atoms with E-state index in [0.29, 0.717) is 19.4 Å². The number of carbonyl (C=O) groups is 1. The number of rotatable bonds is 2. The Morgan fingerprint density at radius 3 is 3.00 bits per heavy atom. The molecule has 1 atom stereocenters. The van der Waals surface area contributed by atoms with Gasteiger partial charge in [-0.25, -0.2) is 0 Å². The van der Waals surface area contributed by atoms with Crippen LogP contribution in [0, 0.1) is 29.6 Å². The van der Waals surface area contributed by atoms with Gasteiger partial charge in [-0.05, 0) is 17.7 Å². The Morgan fingerprint density at radius 1 is 1.53 bits per heavy atom. The predicted octanol–water partition coefficient (Wildman–Crippen LogP) is 1.74. The topological polar surface area (TPSA) is 44.1 Å². The fourth-order valence-electron chi connectivity index (χ4n) is 1.99. The molecule has 1 unspecified atom stereocenters. The number of anilines is 1. The molecule has 1 aliphatic rings. The van der Waals surface area contributed by atoms with Crippen molar-refractivity contribution in [3.8, 4) is 18.4 Å². The number of terminal acetylenes is 1. The van der Waals surface area contributed by atoms with Crippen molar-refractivity contribution in [1.82, 2.24) is 0 Å². The third-order valence-corrected chi connectivity index (χ3v) is 2.87. The minimum absolute atomic E-state index is 0.00197. The average molecular weight is 224 g/mol. The zero-order valence-corrected chi connectivity index (χ0v) is 9.39. The highest BCUT2D eigenvalue weighted by atomic mass is 16.2. The van der Waals surface area contributed by atoms with Gasteiger partial charge in [-0.3, -0.25) is 4.79 Å². The lowest BCUT2D eigenvalue weighted by atomic mass is 10.1. The molecule has 17 heavy (non-hydrogen) atoms. The van der Waals surface area contributed by atoms with Gasteiger partial charge in [0.15, 0.2) is 0 Å². The molecule has 0 N–H and O–H groups in total. The highest BCUT2D eigenvalue weighted by Gasteiger charge is 2.29. The second kappa shape index (κ2) is 4.72. The summed E-state index contributed by atoms with van der Waals surface area (Å²) >= 11 is 0. The fraction of sp³-hybridized carbons (Fsp3) is 0.286. The summed E-state index contributed by atoms with van der Waals surface area (Å²) in [6.07, 6.45) is 6.11. The maximum Gasteiger partial charge on any atom is 0.228 e. The number of benzene rings is 1. The van der Waals surface area contributed by atoms with Gasteiger partial charge >= 0.3 is 0 Å². The van der Waals surface area contributed by atoms with E-state index in [4.69, 9.17) is 11.7 Å². The highest BCUT2D eigenvalue weighted by molar-refractivity contribution is 5.96. The summed E-state index contributed by atoms with van der Waals surface area (Å²) in [6.45, 7) is 0.575. The molecule has 1 aromatic carbocycles. The van der Waals surface area contributed by atoms with E-state index in [2.05, 4.69) is 12.0 Å². The molecule has 1 aromatic rings. The Kier molecular flexibility index (Phi) is 3.12. The molecule has 2 rings (SSSR count). The van der Waals surface area contributed by atoms with Gasteiger partial charge < -0.3 is 4.90 Å². The monoisotopic (exact) mass is 224 g/mol. The van der Waals surface area contributed by atoms with Gasteiger partial charge in [0.1, 0.15) is 0 Å². The van der Waals surface area contributed by atoms with Crippen LogP contribution in [0.15, 0.2) is 24.3 Å². The van der Waals surface area contributed by atoms with Gasteiger partial charge in [-0.2, -0.15) is 5.26 Å². The fourth-order valence-corrected chi connectivity index (χ4v) is 1.99. The van der Waals surface area contributed by atoms with Crippen molar-refractivity contribution in [2.24, 2.45) is 5.92 Å². The summed E-state index contributed by atoms with van der Waals surface area (Å²) in [6, 6.07) is 9.59. The number of nitriles is 1. The molecule has 1 fully saturated rings. The summed E-state index contributed by atoms with van der Waals surface area (Å²) in [5.74, 6) is 2.68. The second-order valence-corrected chi connectivity index (χ2v) is 4.08. The van der Waals surface area contributed by atoms with E-state index >= 15 is 0 Å². The van der Waals surface area contributed by atoms with Crippen LogP contribution in [0.25, 0.3) is 0 Å². The van der Waals surface area contributed by atoms with Crippen molar-refractivity contribution in [3.63, 3.8) is 0 Å². The molecule has 1 saturated heterocycles. The summed E-state index contributed by atoms with van der Waals surface area (Å²) < 4.78 is 0. The molecule has 3 heteroatoms. The number of nitrogens with zero attached hydrogens (tertiary/aromatic N) is 2. The van der Waals surface area contributed by atoms with Crippen LogP contribution in [-0.2, 0) is 11.2 Å². The van der Waals surface area contributed by atoms with Gasteiger partial charge in [0.25, 0.3) is 0 Å². The van der Waals surface area contributed by atoms with E-state index in [1.54, 1.807) is 4.90 Å². The first-order valence-corrected chi connectivity index (χ1v) is 5.47. The molecule has 0 saturated carbocycles. The van der Waals surface area contributed by atoms with E-state index in [9.17, 15) is 4.79 Å². The van der Waals surface area contributed by atoms with Crippen molar-refractivity contribution in [3.05, 3.63) is 29.8 Å². The van der Waals surface area contributed by atoms with Crippen LogP contribution in [0.4, 0.5) is 5.69 Å². The Hall–Kier alpha value is -2.26. The van der Waals surface area contributed by atoms with Gasteiger partial charge in [0.2, 0.25) is 5.91 Å². The highest BCUT2D eigenvalue weighted by Crippen LogP contribution is 2.25. The lowest BCUT2D eigenvalue weighted by Crippen LogP contribution is -2.24. The zero-order chi connectivity index (χ0) is 12.3. The molecule has 3 nitrogen and oxygen atoms in total. The molecule has 0 radical (unpaired) electrons. The zero-order valence-electron chi connectivity index (χ0n) is 9.39. The Balaban J connectivity index is 2.24. The van der Waals surface area contributed by atoms with E-state index in [-0.39, 0.29) is 11.8 Å². The molecule has 0 spiro atoms. The van der Waals surface area contributed by atoms with E-state index in [0.717, 1.165) is 11.3 Å². The molecule has 0 bridgehead atoms. The summed E-state index contributed by atoms with van der Waals surface area (Å²) in [5.41, 5.74) is 1.75. The first-order chi connectivity index (χ1) is 8.24. The molecule has 1 heterocycles. The smallest absolute Gasteiger partial charge is 0.228 e. The first kappa shape index (κ1) is 11.2. The van der Waals surface area contributed by atoms with Crippen molar-refractivity contribution in [1.29, 1.82) is 5.26 Å². The average Bonchev–Trinajstić information content (AvgIpc) is 2.71. The van der Waals surface area contributed by atoms with Crippen LogP contribution in [-0.4, -0.2) is 12.5 Å². The summed E-state index contributed by atoms with van der Waals surface area (Å²) in [4.78, 5) is 13.5. The van der Waals surface area contributed by atoms with Gasteiger partial charge in [-0.15, -0.1) is 12.3 Å². The number of hydrogen-bond donors (Lipinski definition) is 0. The van der Waals surface area contributed by atoms with Gasteiger partial charge in [0.05, 0.1) is 12.5 Å². The summed E-state index contributed by atoms with van der Waals surface area (Å²) in [7, 11) is 0. The van der Waals surface area contributed by atoms with E-state index in [1.165, 1.54) is 0 Å². The first-order valence-electron chi connectivity index (χ1n) is 5.47. The third-order valence-electron chi connectivity index (χ3n) is 2.87. The van der Waals surface area contributed by atoms with Crippen LogP contribution in [0.5, 0.6) is 0 Å². The second-order valence-electron chi connectivity index (χ2n) is 4.08. The molecule has 1 amide bonds. The van der Waals surface area contributed by atoms with Crippen molar-refractivity contribution < 1.29 is 4.79 Å². The Bertz CT molecular complexity index is 522. The third kappa shape index (κ3) is 2.29. The SMILES string of the molecule is C#CC1CC(=O)N(c2cccc(CC#N)c2)C1. The molecule has 0 aromatic heterocycles. The lowest BCUT2D eigenvalue weighted by Gasteiger charge is -2.16. The van der Waals surface area contributed by atoms with Crippen molar-refractivity contribution in [2.45, 2.75) is 12.8 Å². The molecule has 1 aliphatic heterocycles.